The van der Waals surface area contributed by atoms with Crippen LogP contribution in [0.3, 0.4) is 0 Å². The van der Waals surface area contributed by atoms with E-state index in [1.54, 1.807) is 0 Å². The number of hydrogen-bond donors (Lipinski definition) is 2. The summed E-state index contributed by atoms with van der Waals surface area (Å²) in [6.45, 7) is 0.716. The van der Waals surface area contributed by atoms with Gasteiger partial charge >= 0.3 is 0 Å². The molecule has 1 aliphatic rings. The maximum atomic E-state index is 11.4. The van der Waals surface area contributed by atoms with E-state index in [-0.39, 0.29) is 5.91 Å². The fourth-order valence-corrected chi connectivity index (χ4v) is 2.69. The number of anilines is 3. The van der Waals surface area contributed by atoms with Crippen LogP contribution in [0.4, 0.5) is 17.1 Å². The van der Waals surface area contributed by atoms with Crippen molar-refractivity contribution >= 4 is 34.6 Å². The Hall–Kier alpha value is -2.20. The van der Waals surface area contributed by atoms with Crippen molar-refractivity contribution in [2.75, 3.05) is 23.0 Å². The van der Waals surface area contributed by atoms with Gasteiger partial charge in [0, 0.05) is 24.3 Å². The lowest BCUT2D eigenvalue weighted by molar-refractivity contribution is -0.115. The molecule has 0 spiro atoms. The van der Waals surface area contributed by atoms with E-state index in [9.17, 15) is 4.79 Å². The maximum absolute atomic E-state index is 11.4. The number of amides is 1. The monoisotopic (exact) mass is 301 g/mol. The standard InChI is InChI=1S/C16H16ClN3O/c1-20(9-10-2-4-12(17)5-3-10)15-8-14-11(6-13(15)18)7-16(21)19-14/h2-6,8H,7,9,18H2,1H3,(H,19,21). The summed E-state index contributed by atoms with van der Waals surface area (Å²) in [6, 6.07) is 11.5. The summed E-state index contributed by atoms with van der Waals surface area (Å²) in [5.41, 5.74) is 10.7. The quantitative estimate of drug-likeness (QED) is 0.857. The van der Waals surface area contributed by atoms with Crippen molar-refractivity contribution in [1.82, 2.24) is 0 Å². The van der Waals surface area contributed by atoms with Gasteiger partial charge in [-0.1, -0.05) is 23.7 Å². The summed E-state index contributed by atoms with van der Waals surface area (Å²) in [4.78, 5) is 13.5. The normalized spacial score (nSPS) is 13.0. The molecule has 0 atom stereocenters. The number of halogens is 1. The van der Waals surface area contributed by atoms with Gasteiger partial charge in [-0.3, -0.25) is 4.79 Å². The second-order valence-corrected chi connectivity index (χ2v) is 5.71. The third-order valence-corrected chi connectivity index (χ3v) is 3.87. The molecule has 0 saturated heterocycles. The molecular formula is C16H16ClN3O. The van der Waals surface area contributed by atoms with Gasteiger partial charge in [0.1, 0.15) is 0 Å². The third kappa shape index (κ3) is 2.81. The van der Waals surface area contributed by atoms with Crippen molar-refractivity contribution in [3.05, 3.63) is 52.5 Å². The summed E-state index contributed by atoms with van der Waals surface area (Å²) < 4.78 is 0. The minimum Gasteiger partial charge on any atom is -0.397 e. The Kier molecular flexibility index (Phi) is 3.47. The van der Waals surface area contributed by atoms with Gasteiger partial charge in [-0.25, -0.2) is 0 Å². The summed E-state index contributed by atoms with van der Waals surface area (Å²) >= 11 is 5.89. The average molecular weight is 302 g/mol. The van der Waals surface area contributed by atoms with Gasteiger partial charge in [-0.2, -0.15) is 0 Å². The molecular weight excluding hydrogens is 286 g/mol. The van der Waals surface area contributed by atoms with Crippen LogP contribution in [0.25, 0.3) is 0 Å². The first-order chi connectivity index (χ1) is 10.0. The van der Waals surface area contributed by atoms with Gasteiger partial charge in [0.05, 0.1) is 17.8 Å². The Bertz CT molecular complexity index is 697. The van der Waals surface area contributed by atoms with Gasteiger partial charge in [0.15, 0.2) is 0 Å². The van der Waals surface area contributed by atoms with Crippen LogP contribution in [0.1, 0.15) is 11.1 Å². The second-order valence-electron chi connectivity index (χ2n) is 5.28. The van der Waals surface area contributed by atoms with Gasteiger partial charge < -0.3 is 16.0 Å². The van der Waals surface area contributed by atoms with Crippen LogP contribution in [-0.2, 0) is 17.8 Å². The Labute approximate surface area is 128 Å². The zero-order valence-electron chi connectivity index (χ0n) is 11.7. The van der Waals surface area contributed by atoms with Crippen LogP contribution in [0.2, 0.25) is 5.02 Å². The van der Waals surface area contributed by atoms with Crippen molar-refractivity contribution in [3.8, 4) is 0 Å². The first-order valence-corrected chi connectivity index (χ1v) is 7.08. The molecule has 5 heteroatoms. The molecule has 3 rings (SSSR count). The summed E-state index contributed by atoms with van der Waals surface area (Å²) in [7, 11) is 1.98. The number of nitrogens with one attached hydrogen (secondary N) is 1. The molecule has 0 unspecified atom stereocenters. The predicted octanol–water partition coefficient (Wildman–Crippen LogP) is 3.05. The van der Waals surface area contributed by atoms with E-state index < -0.39 is 0 Å². The highest BCUT2D eigenvalue weighted by Crippen LogP contribution is 2.33. The minimum absolute atomic E-state index is 0.0157. The van der Waals surface area contributed by atoms with E-state index >= 15 is 0 Å². The van der Waals surface area contributed by atoms with E-state index in [0.717, 1.165) is 27.5 Å². The van der Waals surface area contributed by atoms with Crippen LogP contribution in [0.5, 0.6) is 0 Å². The van der Waals surface area contributed by atoms with Crippen molar-refractivity contribution < 1.29 is 4.79 Å². The molecule has 0 aliphatic carbocycles. The highest BCUT2D eigenvalue weighted by molar-refractivity contribution is 6.30. The number of hydrogen-bond acceptors (Lipinski definition) is 3. The Morgan fingerprint density at radius 1 is 1.29 bits per heavy atom. The van der Waals surface area contributed by atoms with Crippen LogP contribution < -0.4 is 16.0 Å². The first-order valence-electron chi connectivity index (χ1n) is 6.71. The van der Waals surface area contributed by atoms with Crippen LogP contribution in [-0.4, -0.2) is 13.0 Å². The lowest BCUT2D eigenvalue weighted by atomic mass is 10.1. The number of fused-ring (bicyclic) bond motifs is 1. The molecule has 21 heavy (non-hydrogen) atoms. The maximum Gasteiger partial charge on any atom is 0.228 e. The zero-order valence-corrected chi connectivity index (χ0v) is 12.4. The second kappa shape index (κ2) is 5.30. The molecule has 1 aliphatic heterocycles. The highest BCUT2D eigenvalue weighted by atomic mass is 35.5. The minimum atomic E-state index is 0.0157. The number of carbonyl (C=O) groups excluding carboxylic acids is 1. The molecule has 0 saturated carbocycles. The van der Waals surface area contributed by atoms with Crippen molar-refractivity contribution in [1.29, 1.82) is 0 Å². The average Bonchev–Trinajstić information content (AvgIpc) is 2.79. The number of benzene rings is 2. The first kappa shape index (κ1) is 13.8. The van der Waals surface area contributed by atoms with Crippen LogP contribution >= 0.6 is 11.6 Å². The Morgan fingerprint density at radius 2 is 2.00 bits per heavy atom. The van der Waals surface area contributed by atoms with Gasteiger partial charge in [-0.15, -0.1) is 0 Å². The number of nitrogen functional groups attached to an aromatic ring is 1. The van der Waals surface area contributed by atoms with E-state index in [1.807, 2.05) is 43.4 Å². The third-order valence-electron chi connectivity index (χ3n) is 3.62. The fourth-order valence-electron chi connectivity index (χ4n) is 2.56. The molecule has 2 aromatic rings. The largest absolute Gasteiger partial charge is 0.397 e. The summed E-state index contributed by atoms with van der Waals surface area (Å²) in [6.07, 6.45) is 0.403. The molecule has 0 radical (unpaired) electrons. The number of rotatable bonds is 3. The molecule has 0 fully saturated rings. The summed E-state index contributed by atoms with van der Waals surface area (Å²) in [5, 5.41) is 3.58. The van der Waals surface area contributed by atoms with E-state index in [2.05, 4.69) is 10.2 Å². The van der Waals surface area contributed by atoms with Crippen molar-refractivity contribution in [2.45, 2.75) is 13.0 Å². The molecule has 0 bridgehead atoms. The highest BCUT2D eigenvalue weighted by Gasteiger charge is 2.20. The van der Waals surface area contributed by atoms with E-state index in [4.69, 9.17) is 17.3 Å². The van der Waals surface area contributed by atoms with Gasteiger partial charge in [0.25, 0.3) is 0 Å². The molecule has 4 nitrogen and oxygen atoms in total. The fraction of sp³-hybridized carbons (Fsp3) is 0.188. The Balaban J connectivity index is 1.85. The number of nitrogens with zero attached hydrogens (tertiary/aromatic N) is 1. The lowest BCUT2D eigenvalue weighted by Gasteiger charge is -2.22. The van der Waals surface area contributed by atoms with Crippen LogP contribution in [0.15, 0.2) is 36.4 Å². The molecule has 2 aromatic carbocycles. The molecule has 1 amide bonds. The zero-order chi connectivity index (χ0) is 15.0. The van der Waals surface area contributed by atoms with Crippen LogP contribution in [0, 0.1) is 0 Å². The van der Waals surface area contributed by atoms with Crippen molar-refractivity contribution in [3.63, 3.8) is 0 Å². The number of carbonyl (C=O) groups is 1. The van der Waals surface area contributed by atoms with E-state index in [1.165, 1.54) is 0 Å². The summed E-state index contributed by atoms with van der Waals surface area (Å²) in [5.74, 6) is 0.0157. The Morgan fingerprint density at radius 3 is 2.71 bits per heavy atom. The molecule has 108 valence electrons. The van der Waals surface area contributed by atoms with E-state index in [0.29, 0.717) is 18.7 Å². The predicted molar refractivity (Wildman–Crippen MR) is 86.7 cm³/mol. The van der Waals surface area contributed by atoms with Gasteiger partial charge in [0.2, 0.25) is 5.91 Å². The lowest BCUT2D eigenvalue weighted by Crippen LogP contribution is -2.18. The van der Waals surface area contributed by atoms with Gasteiger partial charge in [-0.05, 0) is 35.4 Å². The topological polar surface area (TPSA) is 58.4 Å². The molecule has 0 aromatic heterocycles. The van der Waals surface area contributed by atoms with Crippen molar-refractivity contribution in [2.24, 2.45) is 0 Å². The molecule has 1 heterocycles. The smallest absolute Gasteiger partial charge is 0.228 e. The molecule has 3 N–H and O–H groups in total. The SMILES string of the molecule is CN(Cc1ccc(Cl)cc1)c1cc2c(cc1N)CC(=O)N2. The number of nitrogens with two attached hydrogens (primary N) is 1.